The number of pyridine rings is 2. The number of methoxy groups -OCH3 is 1. The average molecular weight is 436 g/mol. The number of hydrogen-bond donors (Lipinski definition) is 2. The molecule has 0 aromatic carbocycles. The van der Waals surface area contributed by atoms with Crippen molar-refractivity contribution in [1.29, 1.82) is 0 Å². The topological polar surface area (TPSA) is 84.3 Å². The summed E-state index contributed by atoms with van der Waals surface area (Å²) in [6, 6.07) is 8.27. The standard InChI is InChI=1S/C26H33N3O3/c1-32-23-9-6-19(16-28-23)22(11-24(30)31)20-14-26(15-20)12-17(13-26)4-7-21-8-5-18-3-2-10-27-25(18)29-21/h5-6,8-9,16-17,20,22H,2-4,7,10-15H2,1H3,(H,27,29)(H,30,31). The first-order valence-corrected chi connectivity index (χ1v) is 12.0. The van der Waals surface area contributed by atoms with E-state index in [-0.39, 0.29) is 12.3 Å². The molecule has 0 radical (unpaired) electrons. The molecule has 5 rings (SSSR count). The molecule has 2 aromatic heterocycles. The van der Waals surface area contributed by atoms with Crippen molar-refractivity contribution in [3.8, 4) is 5.88 Å². The lowest BCUT2D eigenvalue weighted by atomic mass is 9.45. The molecule has 0 amide bonds. The number of carboxylic acid groups (broad SMARTS) is 1. The maximum atomic E-state index is 11.5. The van der Waals surface area contributed by atoms with Crippen molar-refractivity contribution in [2.75, 3.05) is 19.0 Å². The molecule has 1 unspecified atom stereocenters. The Morgan fingerprint density at radius 1 is 1.25 bits per heavy atom. The maximum Gasteiger partial charge on any atom is 0.303 e. The zero-order valence-electron chi connectivity index (χ0n) is 18.8. The number of carboxylic acids is 1. The molecule has 1 atom stereocenters. The Bertz CT molecular complexity index is 961. The number of fused-ring (bicyclic) bond motifs is 1. The summed E-state index contributed by atoms with van der Waals surface area (Å²) in [6.45, 7) is 1.03. The highest BCUT2D eigenvalue weighted by Gasteiger charge is 2.54. The van der Waals surface area contributed by atoms with Gasteiger partial charge in [-0.15, -0.1) is 0 Å². The van der Waals surface area contributed by atoms with Crippen LogP contribution in [0.3, 0.4) is 0 Å². The van der Waals surface area contributed by atoms with Gasteiger partial charge in [0.05, 0.1) is 13.5 Å². The normalized spacial score (nSPS) is 26.9. The zero-order valence-corrected chi connectivity index (χ0v) is 18.8. The zero-order chi connectivity index (χ0) is 22.1. The lowest BCUT2D eigenvalue weighted by Crippen LogP contribution is -2.49. The Kier molecular flexibility index (Phi) is 5.78. The van der Waals surface area contributed by atoms with Gasteiger partial charge in [0.15, 0.2) is 0 Å². The van der Waals surface area contributed by atoms with Gasteiger partial charge in [-0.25, -0.2) is 9.97 Å². The summed E-state index contributed by atoms with van der Waals surface area (Å²) in [5, 5.41) is 12.9. The van der Waals surface area contributed by atoms with Gasteiger partial charge < -0.3 is 15.2 Å². The fourth-order valence-corrected chi connectivity index (χ4v) is 6.38. The Morgan fingerprint density at radius 3 is 2.81 bits per heavy atom. The molecule has 6 heteroatoms. The van der Waals surface area contributed by atoms with Gasteiger partial charge in [-0.05, 0) is 91.7 Å². The van der Waals surface area contributed by atoms with Crippen LogP contribution in [0, 0.1) is 17.3 Å². The number of aromatic nitrogens is 2. The molecule has 3 aliphatic rings. The monoisotopic (exact) mass is 435 g/mol. The highest BCUT2D eigenvalue weighted by atomic mass is 16.5. The second-order valence-electron chi connectivity index (χ2n) is 10.2. The summed E-state index contributed by atoms with van der Waals surface area (Å²) < 4.78 is 5.15. The molecular formula is C26H33N3O3. The third-order valence-corrected chi connectivity index (χ3v) is 7.95. The van der Waals surface area contributed by atoms with Gasteiger partial charge in [-0.3, -0.25) is 4.79 Å². The van der Waals surface area contributed by atoms with Crippen LogP contribution in [0.2, 0.25) is 0 Å². The van der Waals surface area contributed by atoms with E-state index in [4.69, 9.17) is 9.72 Å². The smallest absolute Gasteiger partial charge is 0.303 e. The van der Waals surface area contributed by atoms with E-state index < -0.39 is 5.97 Å². The van der Waals surface area contributed by atoms with E-state index >= 15 is 0 Å². The summed E-state index contributed by atoms with van der Waals surface area (Å²) in [6.07, 6.45) is 11.4. The van der Waals surface area contributed by atoms with Gasteiger partial charge in [0, 0.05) is 24.5 Å². The predicted molar refractivity (Wildman–Crippen MR) is 123 cm³/mol. The highest BCUT2D eigenvalue weighted by molar-refractivity contribution is 5.68. The van der Waals surface area contributed by atoms with Gasteiger partial charge in [-0.1, -0.05) is 12.1 Å². The SMILES string of the molecule is COc1ccc(C(CC(=O)O)C2CC3(CC(CCc4ccc5c(n4)NCCC5)C3)C2)cn1. The third-order valence-electron chi connectivity index (χ3n) is 7.95. The van der Waals surface area contributed by atoms with Crippen molar-refractivity contribution in [2.45, 2.75) is 63.7 Å². The van der Waals surface area contributed by atoms with Crippen LogP contribution in [0.25, 0.3) is 0 Å². The van der Waals surface area contributed by atoms with Crippen LogP contribution in [0.4, 0.5) is 5.82 Å². The Labute approximate surface area is 189 Å². The summed E-state index contributed by atoms with van der Waals surface area (Å²) in [5.41, 5.74) is 4.04. The Balaban J connectivity index is 1.13. The molecule has 3 heterocycles. The van der Waals surface area contributed by atoms with Crippen LogP contribution >= 0.6 is 0 Å². The second-order valence-corrected chi connectivity index (χ2v) is 10.2. The molecule has 1 aliphatic heterocycles. The van der Waals surface area contributed by atoms with E-state index in [0.29, 0.717) is 17.2 Å². The fourth-order valence-electron chi connectivity index (χ4n) is 6.38. The van der Waals surface area contributed by atoms with Crippen LogP contribution in [-0.2, 0) is 17.6 Å². The summed E-state index contributed by atoms with van der Waals surface area (Å²) in [7, 11) is 1.60. The molecule has 2 fully saturated rings. The minimum absolute atomic E-state index is 0.0442. The first-order valence-electron chi connectivity index (χ1n) is 12.0. The fraction of sp³-hybridized carbons (Fsp3) is 0.577. The number of aliphatic carboxylic acids is 1. The maximum absolute atomic E-state index is 11.5. The third kappa shape index (κ3) is 4.32. The number of hydrogen-bond acceptors (Lipinski definition) is 5. The lowest BCUT2D eigenvalue weighted by molar-refractivity contribution is -0.139. The molecule has 32 heavy (non-hydrogen) atoms. The number of nitrogens with zero attached hydrogens (tertiary/aromatic N) is 2. The molecule has 1 spiro atoms. The summed E-state index contributed by atoms with van der Waals surface area (Å²) >= 11 is 0. The molecule has 2 N–H and O–H groups in total. The van der Waals surface area contributed by atoms with E-state index in [2.05, 4.69) is 22.4 Å². The van der Waals surface area contributed by atoms with Crippen molar-refractivity contribution < 1.29 is 14.6 Å². The molecule has 2 aromatic rings. The van der Waals surface area contributed by atoms with Crippen LogP contribution in [0.5, 0.6) is 5.88 Å². The number of aryl methyl sites for hydroxylation is 2. The molecule has 0 saturated heterocycles. The van der Waals surface area contributed by atoms with Gasteiger partial charge in [0.1, 0.15) is 5.82 Å². The van der Waals surface area contributed by atoms with E-state index in [0.717, 1.165) is 49.5 Å². The Hall–Kier alpha value is -2.63. The van der Waals surface area contributed by atoms with Gasteiger partial charge in [0.25, 0.3) is 0 Å². The van der Waals surface area contributed by atoms with Crippen LogP contribution in [0.1, 0.15) is 67.7 Å². The first-order chi connectivity index (χ1) is 15.5. The Morgan fingerprint density at radius 2 is 2.09 bits per heavy atom. The minimum atomic E-state index is -0.731. The van der Waals surface area contributed by atoms with Crippen molar-refractivity contribution in [3.05, 3.63) is 47.3 Å². The summed E-state index contributed by atoms with van der Waals surface area (Å²) in [5.74, 6) is 2.20. The number of rotatable bonds is 8. The average Bonchev–Trinajstić information content (AvgIpc) is 2.75. The van der Waals surface area contributed by atoms with Crippen LogP contribution in [-0.4, -0.2) is 34.7 Å². The minimum Gasteiger partial charge on any atom is -0.481 e. The van der Waals surface area contributed by atoms with Gasteiger partial charge in [-0.2, -0.15) is 0 Å². The number of carbonyl (C=O) groups is 1. The van der Waals surface area contributed by atoms with Crippen LogP contribution in [0.15, 0.2) is 30.5 Å². The predicted octanol–water partition coefficient (Wildman–Crippen LogP) is 4.84. The molecule has 6 nitrogen and oxygen atoms in total. The van der Waals surface area contributed by atoms with Crippen LogP contribution < -0.4 is 10.1 Å². The van der Waals surface area contributed by atoms with Crippen molar-refractivity contribution in [1.82, 2.24) is 9.97 Å². The highest BCUT2D eigenvalue weighted by Crippen LogP contribution is 2.65. The largest absolute Gasteiger partial charge is 0.481 e. The number of ether oxygens (including phenoxy) is 1. The van der Waals surface area contributed by atoms with Gasteiger partial charge >= 0.3 is 5.97 Å². The molecule has 2 saturated carbocycles. The first kappa shape index (κ1) is 21.2. The van der Waals surface area contributed by atoms with Crippen molar-refractivity contribution >= 4 is 11.8 Å². The van der Waals surface area contributed by atoms with Gasteiger partial charge in [0.2, 0.25) is 5.88 Å². The van der Waals surface area contributed by atoms with Crippen molar-refractivity contribution in [3.63, 3.8) is 0 Å². The van der Waals surface area contributed by atoms with Crippen molar-refractivity contribution in [2.24, 2.45) is 17.3 Å². The summed E-state index contributed by atoms with van der Waals surface area (Å²) in [4.78, 5) is 20.6. The van der Waals surface area contributed by atoms with E-state index in [1.165, 1.54) is 36.9 Å². The van der Waals surface area contributed by atoms with E-state index in [9.17, 15) is 9.90 Å². The molecule has 0 bridgehead atoms. The van der Waals surface area contributed by atoms with E-state index in [1.54, 1.807) is 13.3 Å². The van der Waals surface area contributed by atoms with E-state index in [1.807, 2.05) is 12.1 Å². The number of nitrogens with one attached hydrogen (secondary N) is 1. The number of anilines is 1. The quantitative estimate of drug-likeness (QED) is 0.617. The molecular weight excluding hydrogens is 402 g/mol. The second kappa shape index (κ2) is 8.72. The molecule has 170 valence electrons. The lowest BCUT2D eigenvalue weighted by Gasteiger charge is -2.60. The molecule has 2 aliphatic carbocycles.